The van der Waals surface area contributed by atoms with Crippen molar-refractivity contribution in [2.75, 3.05) is 0 Å². The van der Waals surface area contributed by atoms with Crippen molar-refractivity contribution in [2.45, 2.75) is 13.8 Å². The first kappa shape index (κ1) is 11.3. The predicted octanol–water partition coefficient (Wildman–Crippen LogP) is 3.06. The summed E-state index contributed by atoms with van der Waals surface area (Å²) in [5, 5.41) is 9.17. The number of carbonyl (C=O) groups is 1. The van der Waals surface area contributed by atoms with Gasteiger partial charge in [-0.3, -0.25) is 4.98 Å². The van der Waals surface area contributed by atoms with Gasteiger partial charge in [-0.05, 0) is 25.0 Å². The predicted molar refractivity (Wildman–Crippen MR) is 66.1 cm³/mol. The lowest BCUT2D eigenvalue weighted by atomic mass is 9.97. The molecule has 0 saturated heterocycles. The summed E-state index contributed by atoms with van der Waals surface area (Å²) in [6.45, 7) is 3.87. The monoisotopic (exact) mass is 227 g/mol. The zero-order valence-electron chi connectivity index (χ0n) is 9.77. The molecule has 0 fully saturated rings. The van der Waals surface area contributed by atoms with Gasteiger partial charge in [-0.2, -0.15) is 0 Å². The van der Waals surface area contributed by atoms with Gasteiger partial charge in [-0.25, -0.2) is 4.79 Å². The Morgan fingerprint density at radius 1 is 1.12 bits per heavy atom. The Labute approximate surface area is 99.8 Å². The smallest absolute Gasteiger partial charge is 0.337 e. The van der Waals surface area contributed by atoms with Crippen molar-refractivity contribution in [3.05, 3.63) is 53.3 Å². The highest BCUT2D eigenvalue weighted by molar-refractivity contribution is 5.96. The van der Waals surface area contributed by atoms with Crippen molar-refractivity contribution < 1.29 is 9.90 Å². The van der Waals surface area contributed by atoms with Gasteiger partial charge in [0.2, 0.25) is 0 Å². The summed E-state index contributed by atoms with van der Waals surface area (Å²) < 4.78 is 0. The third-order valence-corrected chi connectivity index (χ3v) is 2.71. The maximum atomic E-state index is 11.2. The molecular formula is C14H13NO2. The molecule has 2 aromatic rings. The average molecular weight is 227 g/mol. The Morgan fingerprint density at radius 3 is 2.35 bits per heavy atom. The third kappa shape index (κ3) is 2.18. The van der Waals surface area contributed by atoms with Gasteiger partial charge in [0.1, 0.15) is 0 Å². The van der Waals surface area contributed by atoms with Crippen molar-refractivity contribution in [3.8, 4) is 11.1 Å². The standard InChI is InChI=1S/C14H13NO2/c1-9-3-5-11(6-4-9)13-10(2)7-15-8-12(13)14(16)17/h3-8H,1-2H3,(H,16,17). The minimum Gasteiger partial charge on any atom is -0.478 e. The van der Waals surface area contributed by atoms with E-state index in [-0.39, 0.29) is 5.56 Å². The number of benzene rings is 1. The number of carboxylic acids is 1. The second kappa shape index (κ2) is 4.37. The van der Waals surface area contributed by atoms with Crippen molar-refractivity contribution in [1.29, 1.82) is 0 Å². The molecule has 0 saturated carbocycles. The number of hydrogen-bond donors (Lipinski definition) is 1. The second-order valence-corrected chi connectivity index (χ2v) is 4.05. The zero-order valence-corrected chi connectivity index (χ0v) is 9.77. The lowest BCUT2D eigenvalue weighted by Gasteiger charge is -2.09. The number of pyridine rings is 1. The molecule has 2 rings (SSSR count). The van der Waals surface area contributed by atoms with Crippen LogP contribution in [-0.2, 0) is 0 Å². The Kier molecular flexibility index (Phi) is 2.91. The largest absolute Gasteiger partial charge is 0.478 e. The number of hydrogen-bond acceptors (Lipinski definition) is 2. The van der Waals surface area contributed by atoms with Gasteiger partial charge < -0.3 is 5.11 Å². The molecule has 1 N–H and O–H groups in total. The first-order chi connectivity index (χ1) is 8.09. The van der Waals surface area contributed by atoms with Gasteiger partial charge in [0.25, 0.3) is 0 Å². The molecule has 0 bridgehead atoms. The van der Waals surface area contributed by atoms with E-state index in [1.54, 1.807) is 6.20 Å². The molecule has 1 heterocycles. The molecule has 3 nitrogen and oxygen atoms in total. The SMILES string of the molecule is Cc1ccc(-c2c(C)cncc2C(=O)O)cc1. The fourth-order valence-corrected chi connectivity index (χ4v) is 1.83. The number of rotatable bonds is 2. The molecule has 1 aromatic carbocycles. The number of carboxylic acid groups (broad SMARTS) is 1. The minimum absolute atomic E-state index is 0.244. The molecule has 0 atom stereocenters. The lowest BCUT2D eigenvalue weighted by molar-refractivity contribution is 0.0697. The Morgan fingerprint density at radius 2 is 1.76 bits per heavy atom. The van der Waals surface area contributed by atoms with Crippen LogP contribution < -0.4 is 0 Å². The molecule has 0 radical (unpaired) electrons. The van der Waals surface area contributed by atoms with Crippen LogP contribution in [0.15, 0.2) is 36.7 Å². The van der Waals surface area contributed by atoms with E-state index in [2.05, 4.69) is 4.98 Å². The van der Waals surface area contributed by atoms with Crippen LogP contribution in [-0.4, -0.2) is 16.1 Å². The fourth-order valence-electron chi connectivity index (χ4n) is 1.83. The third-order valence-electron chi connectivity index (χ3n) is 2.71. The molecule has 3 heteroatoms. The summed E-state index contributed by atoms with van der Waals surface area (Å²) in [4.78, 5) is 15.1. The van der Waals surface area contributed by atoms with Crippen molar-refractivity contribution >= 4 is 5.97 Å². The summed E-state index contributed by atoms with van der Waals surface area (Å²) in [6, 6.07) is 7.82. The summed E-state index contributed by atoms with van der Waals surface area (Å²) in [7, 11) is 0. The van der Waals surface area contributed by atoms with E-state index < -0.39 is 5.97 Å². The fraction of sp³-hybridized carbons (Fsp3) is 0.143. The normalized spacial score (nSPS) is 10.2. The van der Waals surface area contributed by atoms with E-state index in [9.17, 15) is 4.79 Å². The van der Waals surface area contributed by atoms with Gasteiger partial charge in [0.05, 0.1) is 5.56 Å². The highest BCUT2D eigenvalue weighted by atomic mass is 16.4. The Balaban J connectivity index is 2.65. The molecule has 0 unspecified atom stereocenters. The average Bonchev–Trinajstić information content (AvgIpc) is 2.30. The second-order valence-electron chi connectivity index (χ2n) is 4.05. The molecule has 86 valence electrons. The first-order valence-electron chi connectivity index (χ1n) is 5.34. The maximum absolute atomic E-state index is 11.2. The molecular weight excluding hydrogens is 214 g/mol. The summed E-state index contributed by atoms with van der Waals surface area (Å²) >= 11 is 0. The van der Waals surface area contributed by atoms with E-state index >= 15 is 0 Å². The lowest BCUT2D eigenvalue weighted by Crippen LogP contribution is -2.02. The van der Waals surface area contributed by atoms with Crippen molar-refractivity contribution in [2.24, 2.45) is 0 Å². The van der Waals surface area contributed by atoms with Crippen LogP contribution in [0.4, 0.5) is 0 Å². The molecule has 17 heavy (non-hydrogen) atoms. The van der Waals surface area contributed by atoms with Gasteiger partial charge in [-0.1, -0.05) is 29.8 Å². The van der Waals surface area contributed by atoms with Crippen LogP contribution in [0, 0.1) is 13.8 Å². The van der Waals surface area contributed by atoms with E-state index in [0.717, 1.165) is 22.3 Å². The van der Waals surface area contributed by atoms with Gasteiger partial charge in [0.15, 0.2) is 0 Å². The molecule has 0 amide bonds. The maximum Gasteiger partial charge on any atom is 0.337 e. The summed E-state index contributed by atoms with van der Waals surface area (Å²) in [6.07, 6.45) is 3.08. The summed E-state index contributed by atoms with van der Waals surface area (Å²) in [5.74, 6) is -0.947. The van der Waals surface area contributed by atoms with Crippen LogP contribution in [0.1, 0.15) is 21.5 Å². The number of aryl methyl sites for hydroxylation is 2. The molecule has 1 aromatic heterocycles. The van der Waals surface area contributed by atoms with E-state index in [0.29, 0.717) is 0 Å². The molecule has 0 aliphatic heterocycles. The van der Waals surface area contributed by atoms with E-state index in [1.165, 1.54) is 6.20 Å². The van der Waals surface area contributed by atoms with Crippen LogP contribution in [0.3, 0.4) is 0 Å². The van der Waals surface area contributed by atoms with E-state index in [4.69, 9.17) is 5.11 Å². The van der Waals surface area contributed by atoms with Gasteiger partial charge in [-0.15, -0.1) is 0 Å². The number of nitrogens with zero attached hydrogens (tertiary/aromatic N) is 1. The quantitative estimate of drug-likeness (QED) is 0.857. The zero-order chi connectivity index (χ0) is 12.4. The van der Waals surface area contributed by atoms with Crippen molar-refractivity contribution in [1.82, 2.24) is 4.98 Å². The Hall–Kier alpha value is -2.16. The molecule has 0 spiro atoms. The first-order valence-corrected chi connectivity index (χ1v) is 5.34. The highest BCUT2D eigenvalue weighted by Gasteiger charge is 2.14. The van der Waals surface area contributed by atoms with E-state index in [1.807, 2.05) is 38.1 Å². The van der Waals surface area contributed by atoms with Crippen LogP contribution in [0.5, 0.6) is 0 Å². The highest BCUT2D eigenvalue weighted by Crippen LogP contribution is 2.26. The van der Waals surface area contributed by atoms with Gasteiger partial charge in [0, 0.05) is 18.0 Å². The minimum atomic E-state index is -0.947. The van der Waals surface area contributed by atoms with Crippen LogP contribution in [0.25, 0.3) is 11.1 Å². The number of aromatic nitrogens is 1. The topological polar surface area (TPSA) is 50.2 Å². The van der Waals surface area contributed by atoms with Gasteiger partial charge >= 0.3 is 5.97 Å². The molecule has 0 aliphatic rings. The van der Waals surface area contributed by atoms with Crippen LogP contribution in [0.2, 0.25) is 0 Å². The summed E-state index contributed by atoms with van der Waals surface area (Å²) in [5.41, 5.74) is 3.92. The Bertz CT molecular complexity index is 559. The van der Waals surface area contributed by atoms with Crippen molar-refractivity contribution in [3.63, 3.8) is 0 Å². The van der Waals surface area contributed by atoms with Crippen LogP contribution >= 0.6 is 0 Å². The number of aromatic carboxylic acids is 1. The molecule has 0 aliphatic carbocycles.